The van der Waals surface area contributed by atoms with Crippen molar-refractivity contribution in [2.75, 3.05) is 13.1 Å². The first-order valence-electron chi connectivity index (χ1n) is 11.2. The summed E-state index contributed by atoms with van der Waals surface area (Å²) < 4.78 is 8.07. The van der Waals surface area contributed by atoms with Crippen molar-refractivity contribution in [1.82, 2.24) is 19.7 Å². The third-order valence-electron chi connectivity index (χ3n) is 5.96. The molecule has 0 N–H and O–H groups in total. The molecule has 1 aliphatic rings. The summed E-state index contributed by atoms with van der Waals surface area (Å²) in [5.41, 5.74) is 3.17. The first-order chi connectivity index (χ1) is 16.1. The highest BCUT2D eigenvalue weighted by Gasteiger charge is 2.29. The van der Waals surface area contributed by atoms with Gasteiger partial charge >= 0.3 is 0 Å². The smallest absolute Gasteiger partial charge is 0.293 e. The van der Waals surface area contributed by atoms with Crippen molar-refractivity contribution in [3.05, 3.63) is 83.0 Å². The van der Waals surface area contributed by atoms with Crippen LogP contribution in [0.25, 0.3) is 16.4 Å². The van der Waals surface area contributed by atoms with Crippen LogP contribution < -0.4 is 4.74 Å². The number of para-hydroxylation sites is 2. The second kappa shape index (κ2) is 9.19. The molecule has 1 saturated heterocycles. The van der Waals surface area contributed by atoms with Crippen LogP contribution in [-0.4, -0.2) is 44.8 Å². The minimum Gasteiger partial charge on any atom is -0.490 e. The maximum absolute atomic E-state index is 13.3. The molecule has 0 aliphatic carbocycles. The summed E-state index contributed by atoms with van der Waals surface area (Å²) in [6.07, 6.45) is 1.68. The second-order valence-corrected chi connectivity index (χ2v) is 9.26. The van der Waals surface area contributed by atoms with Gasteiger partial charge in [0, 0.05) is 25.9 Å². The Kier molecular flexibility index (Phi) is 5.96. The van der Waals surface area contributed by atoms with Gasteiger partial charge in [0.25, 0.3) is 5.91 Å². The Morgan fingerprint density at radius 2 is 1.70 bits per heavy atom. The molecule has 0 spiro atoms. The third kappa shape index (κ3) is 4.41. The molecule has 2 aromatic heterocycles. The zero-order valence-electron chi connectivity index (χ0n) is 18.8. The van der Waals surface area contributed by atoms with Gasteiger partial charge in [-0.15, -0.1) is 16.4 Å². The Balaban J connectivity index is 1.32. The van der Waals surface area contributed by atoms with Crippen molar-refractivity contribution >= 4 is 17.2 Å². The molecule has 33 heavy (non-hydrogen) atoms. The maximum atomic E-state index is 13.3. The number of amides is 1. The summed E-state index contributed by atoms with van der Waals surface area (Å²) in [7, 11) is 0. The van der Waals surface area contributed by atoms with E-state index in [1.165, 1.54) is 0 Å². The molecule has 0 radical (unpaired) electrons. The molecule has 5 rings (SSSR count). The average molecular weight is 459 g/mol. The molecule has 2 aromatic carbocycles. The van der Waals surface area contributed by atoms with E-state index in [0.717, 1.165) is 40.3 Å². The Bertz CT molecular complexity index is 1220. The lowest BCUT2D eigenvalue weighted by atomic mass is 10.1. The minimum absolute atomic E-state index is 0.102. The van der Waals surface area contributed by atoms with Crippen LogP contribution in [-0.2, 0) is 0 Å². The van der Waals surface area contributed by atoms with Gasteiger partial charge in [-0.25, -0.2) is 9.67 Å². The van der Waals surface area contributed by atoms with Crippen LogP contribution in [0.15, 0.2) is 66.0 Å². The van der Waals surface area contributed by atoms with Gasteiger partial charge in [-0.3, -0.25) is 4.79 Å². The topological polar surface area (TPSA) is 60.2 Å². The van der Waals surface area contributed by atoms with E-state index in [1.54, 1.807) is 16.0 Å². The molecule has 0 atom stereocenters. The van der Waals surface area contributed by atoms with Gasteiger partial charge < -0.3 is 9.64 Å². The number of hydrogen-bond donors (Lipinski definition) is 0. The molecule has 1 amide bonds. The normalized spacial score (nSPS) is 14.4. The van der Waals surface area contributed by atoms with Crippen LogP contribution in [0.2, 0.25) is 0 Å². The maximum Gasteiger partial charge on any atom is 0.293 e. The number of rotatable bonds is 5. The lowest BCUT2D eigenvalue weighted by Crippen LogP contribution is -2.42. The van der Waals surface area contributed by atoms with Gasteiger partial charge in [0.1, 0.15) is 11.9 Å². The third-order valence-corrected chi connectivity index (χ3v) is 6.83. The lowest BCUT2D eigenvalue weighted by Gasteiger charge is -2.32. The summed E-state index contributed by atoms with van der Waals surface area (Å²) in [6.45, 7) is 5.40. The molecule has 0 saturated carbocycles. The molecule has 1 aliphatic heterocycles. The van der Waals surface area contributed by atoms with Gasteiger partial charge in [0.05, 0.1) is 10.6 Å². The van der Waals surface area contributed by atoms with Crippen molar-refractivity contribution in [2.24, 2.45) is 0 Å². The molecule has 4 aromatic rings. The number of likely N-dealkylation sites (tertiary alicyclic amines) is 1. The van der Waals surface area contributed by atoms with Crippen molar-refractivity contribution in [3.63, 3.8) is 0 Å². The van der Waals surface area contributed by atoms with Gasteiger partial charge in [-0.1, -0.05) is 42.5 Å². The Hall–Kier alpha value is -3.45. The van der Waals surface area contributed by atoms with Gasteiger partial charge in [-0.05, 0) is 48.6 Å². The fourth-order valence-corrected chi connectivity index (χ4v) is 4.89. The van der Waals surface area contributed by atoms with E-state index in [-0.39, 0.29) is 17.8 Å². The van der Waals surface area contributed by atoms with Crippen LogP contribution in [0.1, 0.15) is 34.6 Å². The summed E-state index contributed by atoms with van der Waals surface area (Å²) >= 11 is 1.58. The van der Waals surface area contributed by atoms with Crippen LogP contribution in [0.3, 0.4) is 0 Å². The molecule has 0 bridgehead atoms. The van der Waals surface area contributed by atoms with Crippen LogP contribution in [0.4, 0.5) is 0 Å². The van der Waals surface area contributed by atoms with Crippen LogP contribution in [0, 0.1) is 13.8 Å². The van der Waals surface area contributed by atoms with E-state index in [2.05, 4.69) is 36.1 Å². The van der Waals surface area contributed by atoms with Crippen molar-refractivity contribution in [3.8, 4) is 22.1 Å². The van der Waals surface area contributed by atoms with E-state index in [0.29, 0.717) is 18.9 Å². The highest BCUT2D eigenvalue weighted by molar-refractivity contribution is 7.13. The first kappa shape index (κ1) is 21.4. The minimum atomic E-state index is -0.131. The number of aromatic nitrogens is 3. The number of aryl methyl sites for hydroxylation is 2. The van der Waals surface area contributed by atoms with E-state index in [1.807, 2.05) is 58.8 Å². The zero-order valence-corrected chi connectivity index (χ0v) is 19.6. The lowest BCUT2D eigenvalue weighted by molar-refractivity contribution is 0.0582. The molecule has 6 nitrogen and oxygen atoms in total. The van der Waals surface area contributed by atoms with E-state index >= 15 is 0 Å². The fourth-order valence-electron chi connectivity index (χ4n) is 4.19. The summed E-state index contributed by atoms with van der Waals surface area (Å²) in [5, 5.41) is 6.61. The number of carbonyl (C=O) groups is 1. The van der Waals surface area contributed by atoms with Gasteiger partial charge in [-0.2, -0.15) is 0 Å². The number of hydrogen-bond acceptors (Lipinski definition) is 5. The van der Waals surface area contributed by atoms with Crippen LogP contribution >= 0.6 is 11.3 Å². The molecular formula is C26H26N4O2S. The largest absolute Gasteiger partial charge is 0.490 e. The molecule has 7 heteroatoms. The van der Waals surface area contributed by atoms with Crippen molar-refractivity contribution < 1.29 is 9.53 Å². The summed E-state index contributed by atoms with van der Waals surface area (Å²) in [6, 6.07) is 20.0. The number of piperidine rings is 1. The monoisotopic (exact) mass is 458 g/mol. The summed E-state index contributed by atoms with van der Waals surface area (Å²) in [4.78, 5) is 20.8. The molecular weight excluding hydrogens is 432 g/mol. The number of benzene rings is 2. The molecule has 3 heterocycles. The number of ether oxygens (including phenoxy) is 1. The number of thiophene rings is 1. The first-order valence-corrected chi connectivity index (χ1v) is 12.1. The predicted molar refractivity (Wildman–Crippen MR) is 130 cm³/mol. The Morgan fingerprint density at radius 3 is 2.36 bits per heavy atom. The molecule has 0 unspecified atom stereocenters. The van der Waals surface area contributed by atoms with E-state index in [4.69, 9.17) is 4.74 Å². The SMILES string of the molecule is Cc1cccc(C)c1OC1CCN(C(=O)c2nc(-c3cccs3)n(-c3ccccc3)n2)CC1. The van der Waals surface area contributed by atoms with Crippen molar-refractivity contribution in [2.45, 2.75) is 32.8 Å². The Labute approximate surface area is 197 Å². The highest BCUT2D eigenvalue weighted by atomic mass is 32.1. The second-order valence-electron chi connectivity index (χ2n) is 8.31. The standard InChI is InChI=1S/C26H26N4O2S/c1-18-8-6-9-19(2)23(18)32-21-13-15-29(16-14-21)26(31)24-27-25(22-12-7-17-33-22)30(28-24)20-10-4-3-5-11-20/h3-12,17,21H,13-16H2,1-2H3. The average Bonchev–Trinajstić information content (AvgIpc) is 3.52. The van der Waals surface area contributed by atoms with Crippen LogP contribution in [0.5, 0.6) is 5.75 Å². The highest BCUT2D eigenvalue weighted by Crippen LogP contribution is 2.28. The van der Waals surface area contributed by atoms with E-state index in [9.17, 15) is 4.79 Å². The number of nitrogens with zero attached hydrogens (tertiary/aromatic N) is 4. The number of carbonyl (C=O) groups excluding carboxylic acids is 1. The zero-order chi connectivity index (χ0) is 22.8. The summed E-state index contributed by atoms with van der Waals surface area (Å²) in [5.74, 6) is 1.75. The molecule has 1 fully saturated rings. The fraction of sp³-hybridized carbons (Fsp3) is 0.269. The quantitative estimate of drug-likeness (QED) is 0.407. The predicted octanol–water partition coefficient (Wildman–Crippen LogP) is 5.30. The van der Waals surface area contributed by atoms with Crippen molar-refractivity contribution in [1.29, 1.82) is 0 Å². The van der Waals surface area contributed by atoms with Gasteiger partial charge in [0.15, 0.2) is 5.82 Å². The molecule has 168 valence electrons. The van der Waals surface area contributed by atoms with E-state index < -0.39 is 0 Å². The van der Waals surface area contributed by atoms with Gasteiger partial charge in [0.2, 0.25) is 5.82 Å². The Morgan fingerprint density at radius 1 is 0.970 bits per heavy atom.